The van der Waals surface area contributed by atoms with E-state index in [0.717, 1.165) is 6.07 Å². The number of nitrogens with zero attached hydrogens (tertiary/aromatic N) is 1. The maximum atomic E-state index is 13.8. The van der Waals surface area contributed by atoms with Crippen molar-refractivity contribution in [2.24, 2.45) is 0 Å². The van der Waals surface area contributed by atoms with Crippen LogP contribution in [0.25, 0.3) is 0 Å². The van der Waals surface area contributed by atoms with E-state index in [1.54, 1.807) is 0 Å². The van der Waals surface area contributed by atoms with E-state index in [2.05, 4.69) is 4.74 Å². The van der Waals surface area contributed by atoms with Gasteiger partial charge in [0.15, 0.2) is 0 Å². The second-order valence-electron chi connectivity index (χ2n) is 4.76. The number of esters is 1. The van der Waals surface area contributed by atoms with E-state index in [-0.39, 0.29) is 24.2 Å². The molecule has 114 valence electrons. The van der Waals surface area contributed by atoms with Crippen LogP contribution in [-0.4, -0.2) is 49.7 Å². The molecule has 0 bridgehead atoms. The number of benzene rings is 1. The third-order valence-electron chi connectivity index (χ3n) is 3.27. The minimum absolute atomic E-state index is 0.0390. The highest BCUT2D eigenvalue weighted by Crippen LogP contribution is 2.17. The van der Waals surface area contributed by atoms with Gasteiger partial charge in [0.2, 0.25) is 0 Å². The third-order valence-corrected chi connectivity index (χ3v) is 3.27. The first kappa shape index (κ1) is 15.2. The zero-order valence-corrected chi connectivity index (χ0v) is 11.7. The second-order valence-corrected chi connectivity index (χ2v) is 4.76. The summed E-state index contributed by atoms with van der Waals surface area (Å²) >= 11 is 0. The number of nitrogen functional groups attached to an aromatic ring is 1. The Kier molecular flexibility index (Phi) is 4.74. The monoisotopic (exact) mass is 296 g/mol. The molecule has 0 radical (unpaired) electrons. The molecular formula is C14H17FN2O4. The van der Waals surface area contributed by atoms with Crippen molar-refractivity contribution in [2.45, 2.75) is 12.5 Å². The summed E-state index contributed by atoms with van der Waals surface area (Å²) in [5, 5.41) is 0. The molecule has 1 aromatic carbocycles. The number of amides is 1. The van der Waals surface area contributed by atoms with E-state index >= 15 is 0 Å². The quantitative estimate of drug-likeness (QED) is 0.659. The molecule has 6 nitrogen and oxygen atoms in total. The van der Waals surface area contributed by atoms with Gasteiger partial charge in [-0.15, -0.1) is 0 Å². The van der Waals surface area contributed by atoms with E-state index in [1.165, 1.54) is 24.1 Å². The fourth-order valence-corrected chi connectivity index (χ4v) is 2.17. The number of halogens is 1. The van der Waals surface area contributed by atoms with Crippen molar-refractivity contribution in [2.75, 3.05) is 32.5 Å². The molecule has 1 aliphatic rings. The van der Waals surface area contributed by atoms with Crippen LogP contribution >= 0.6 is 0 Å². The minimum Gasteiger partial charge on any atom is -0.469 e. The van der Waals surface area contributed by atoms with E-state index in [4.69, 9.17) is 10.5 Å². The van der Waals surface area contributed by atoms with Crippen LogP contribution in [0, 0.1) is 5.82 Å². The molecule has 0 aliphatic carbocycles. The van der Waals surface area contributed by atoms with Crippen LogP contribution in [0.2, 0.25) is 0 Å². The maximum absolute atomic E-state index is 13.8. The first-order valence-corrected chi connectivity index (χ1v) is 6.54. The number of carbonyl (C=O) groups excluding carboxylic acids is 2. The number of nitrogens with two attached hydrogens (primary N) is 1. The lowest BCUT2D eigenvalue weighted by atomic mass is 10.1. The normalized spacial score (nSPS) is 18.4. The van der Waals surface area contributed by atoms with Crippen LogP contribution in [0.5, 0.6) is 0 Å². The van der Waals surface area contributed by atoms with Crippen LogP contribution in [0.15, 0.2) is 18.2 Å². The number of carbonyl (C=O) groups is 2. The molecule has 0 aromatic heterocycles. The summed E-state index contributed by atoms with van der Waals surface area (Å²) < 4.78 is 23.8. The summed E-state index contributed by atoms with van der Waals surface area (Å²) in [5.41, 5.74) is 5.68. The smallest absolute Gasteiger partial charge is 0.308 e. The van der Waals surface area contributed by atoms with Gasteiger partial charge in [-0.3, -0.25) is 9.59 Å². The standard InChI is InChI=1S/C14H17FN2O4/c1-20-13(18)7-10-8-17(4-5-21-10)14(19)11-3-2-9(16)6-12(11)15/h2-3,6,10H,4-5,7-8,16H2,1H3. The predicted octanol–water partition coefficient (Wildman–Crippen LogP) is 0.812. The van der Waals surface area contributed by atoms with Crippen LogP contribution in [0.3, 0.4) is 0 Å². The van der Waals surface area contributed by atoms with Gasteiger partial charge in [0.1, 0.15) is 5.82 Å². The van der Waals surface area contributed by atoms with E-state index in [9.17, 15) is 14.0 Å². The minimum atomic E-state index is -0.656. The topological polar surface area (TPSA) is 81.9 Å². The molecule has 2 N–H and O–H groups in total. The van der Waals surface area contributed by atoms with Gasteiger partial charge in [0, 0.05) is 18.8 Å². The number of methoxy groups -OCH3 is 1. The average molecular weight is 296 g/mol. The van der Waals surface area contributed by atoms with Gasteiger partial charge < -0.3 is 20.1 Å². The molecule has 7 heteroatoms. The Morgan fingerprint density at radius 3 is 2.95 bits per heavy atom. The summed E-state index contributed by atoms with van der Waals surface area (Å²) in [7, 11) is 1.29. The first-order valence-electron chi connectivity index (χ1n) is 6.54. The van der Waals surface area contributed by atoms with Crippen molar-refractivity contribution >= 4 is 17.6 Å². The molecular weight excluding hydrogens is 279 g/mol. The van der Waals surface area contributed by atoms with E-state index in [1.807, 2.05) is 0 Å². The van der Waals surface area contributed by atoms with Gasteiger partial charge in [-0.05, 0) is 18.2 Å². The Morgan fingerprint density at radius 2 is 2.29 bits per heavy atom. The Hall–Kier alpha value is -2.15. The van der Waals surface area contributed by atoms with Crippen LogP contribution in [0.4, 0.5) is 10.1 Å². The summed E-state index contributed by atoms with van der Waals surface area (Å²) in [6.45, 7) is 0.863. The summed E-state index contributed by atoms with van der Waals surface area (Å²) in [6.07, 6.45) is -0.378. The predicted molar refractivity (Wildman–Crippen MR) is 73.1 cm³/mol. The first-order chi connectivity index (χ1) is 10.0. The molecule has 1 aliphatic heterocycles. The maximum Gasteiger partial charge on any atom is 0.308 e. The lowest BCUT2D eigenvalue weighted by molar-refractivity contribution is -0.145. The van der Waals surface area contributed by atoms with Crippen molar-refractivity contribution in [3.8, 4) is 0 Å². The molecule has 1 fully saturated rings. The van der Waals surface area contributed by atoms with Gasteiger partial charge in [-0.1, -0.05) is 0 Å². The highest BCUT2D eigenvalue weighted by Gasteiger charge is 2.28. The van der Waals surface area contributed by atoms with E-state index < -0.39 is 23.8 Å². The molecule has 1 saturated heterocycles. The zero-order chi connectivity index (χ0) is 15.4. The molecule has 1 amide bonds. The van der Waals surface area contributed by atoms with Crippen molar-refractivity contribution in [3.05, 3.63) is 29.6 Å². The van der Waals surface area contributed by atoms with Crippen LogP contribution in [0.1, 0.15) is 16.8 Å². The molecule has 1 unspecified atom stereocenters. The summed E-state index contributed by atoms with van der Waals surface area (Å²) in [4.78, 5) is 25.0. The fraction of sp³-hybridized carbons (Fsp3) is 0.429. The molecule has 1 aromatic rings. The van der Waals surface area contributed by atoms with Gasteiger partial charge in [0.25, 0.3) is 5.91 Å². The molecule has 0 spiro atoms. The van der Waals surface area contributed by atoms with Crippen molar-refractivity contribution in [3.63, 3.8) is 0 Å². The van der Waals surface area contributed by atoms with Gasteiger partial charge in [-0.2, -0.15) is 0 Å². The number of hydrogen-bond acceptors (Lipinski definition) is 5. The average Bonchev–Trinajstić information content (AvgIpc) is 2.47. The Bertz CT molecular complexity index is 550. The molecule has 0 saturated carbocycles. The fourth-order valence-electron chi connectivity index (χ4n) is 2.17. The summed E-state index contributed by atoms with van der Waals surface area (Å²) in [6, 6.07) is 3.94. The SMILES string of the molecule is COC(=O)CC1CN(C(=O)c2ccc(N)cc2F)CCO1. The molecule has 1 atom stereocenters. The lowest BCUT2D eigenvalue weighted by Crippen LogP contribution is -2.46. The summed E-state index contributed by atoms with van der Waals surface area (Å²) in [5.74, 6) is -1.50. The van der Waals surface area contributed by atoms with Gasteiger partial charge >= 0.3 is 5.97 Å². The second kappa shape index (κ2) is 6.53. The Labute approximate surface area is 121 Å². The number of anilines is 1. The molecule has 21 heavy (non-hydrogen) atoms. The Balaban J connectivity index is 2.06. The molecule has 1 heterocycles. The van der Waals surface area contributed by atoms with Crippen molar-refractivity contribution < 1.29 is 23.5 Å². The highest BCUT2D eigenvalue weighted by atomic mass is 19.1. The lowest BCUT2D eigenvalue weighted by Gasteiger charge is -2.32. The number of hydrogen-bond donors (Lipinski definition) is 1. The zero-order valence-electron chi connectivity index (χ0n) is 11.7. The third kappa shape index (κ3) is 3.69. The number of morpholine rings is 1. The van der Waals surface area contributed by atoms with Crippen LogP contribution < -0.4 is 5.73 Å². The van der Waals surface area contributed by atoms with Gasteiger partial charge in [-0.25, -0.2) is 4.39 Å². The van der Waals surface area contributed by atoms with Crippen molar-refractivity contribution in [1.82, 2.24) is 4.90 Å². The largest absolute Gasteiger partial charge is 0.469 e. The highest BCUT2D eigenvalue weighted by molar-refractivity contribution is 5.95. The van der Waals surface area contributed by atoms with E-state index in [0.29, 0.717) is 13.2 Å². The molecule has 2 rings (SSSR count). The Morgan fingerprint density at radius 1 is 1.52 bits per heavy atom. The number of rotatable bonds is 3. The van der Waals surface area contributed by atoms with Crippen LogP contribution in [-0.2, 0) is 14.3 Å². The van der Waals surface area contributed by atoms with Gasteiger partial charge in [0.05, 0.1) is 31.8 Å². The van der Waals surface area contributed by atoms with Crippen molar-refractivity contribution in [1.29, 1.82) is 0 Å². The number of ether oxygens (including phenoxy) is 2.